The summed E-state index contributed by atoms with van der Waals surface area (Å²) < 4.78 is 25.8. The molecular formula is C28H30ClFN2O3. The lowest BCUT2D eigenvalue weighted by Crippen LogP contribution is -2.43. The van der Waals surface area contributed by atoms with Gasteiger partial charge in [-0.25, -0.2) is 4.39 Å². The van der Waals surface area contributed by atoms with Crippen LogP contribution in [0.1, 0.15) is 30.0 Å². The van der Waals surface area contributed by atoms with E-state index in [0.717, 1.165) is 38.0 Å². The number of likely N-dealkylation sites (tertiary alicyclic amines) is 1. The molecule has 1 heterocycles. The highest BCUT2D eigenvalue weighted by Gasteiger charge is 2.28. The fraction of sp³-hybridized carbons (Fsp3) is 0.321. The third-order valence-corrected chi connectivity index (χ3v) is 6.70. The molecule has 3 aromatic rings. The highest BCUT2D eigenvalue weighted by Crippen LogP contribution is 2.29. The topological polar surface area (TPSA) is 50.8 Å². The first-order valence-corrected chi connectivity index (χ1v) is 12.2. The number of nitrogens with one attached hydrogen (secondary N) is 1. The molecule has 0 spiro atoms. The number of hydrogen-bond acceptors (Lipinski definition) is 4. The van der Waals surface area contributed by atoms with E-state index < -0.39 is 6.04 Å². The van der Waals surface area contributed by atoms with Crippen LogP contribution < -0.4 is 14.8 Å². The van der Waals surface area contributed by atoms with Crippen LogP contribution in [0.3, 0.4) is 0 Å². The summed E-state index contributed by atoms with van der Waals surface area (Å²) in [6.45, 7) is 2.90. The number of para-hydroxylation sites is 1. The van der Waals surface area contributed by atoms with Crippen LogP contribution >= 0.6 is 11.6 Å². The quantitative estimate of drug-likeness (QED) is 0.426. The Morgan fingerprint density at radius 2 is 1.83 bits per heavy atom. The Kier molecular flexibility index (Phi) is 8.61. The predicted molar refractivity (Wildman–Crippen MR) is 135 cm³/mol. The Balaban J connectivity index is 1.35. The van der Waals surface area contributed by atoms with Gasteiger partial charge in [-0.2, -0.15) is 0 Å². The molecule has 1 N–H and O–H groups in total. The van der Waals surface area contributed by atoms with E-state index in [1.54, 1.807) is 31.4 Å². The first kappa shape index (κ1) is 25.0. The minimum atomic E-state index is -0.596. The van der Waals surface area contributed by atoms with Gasteiger partial charge in [-0.15, -0.1) is 0 Å². The number of piperidine rings is 1. The van der Waals surface area contributed by atoms with Crippen molar-refractivity contribution in [1.29, 1.82) is 0 Å². The van der Waals surface area contributed by atoms with Crippen molar-refractivity contribution in [2.45, 2.75) is 18.9 Å². The molecule has 0 aliphatic carbocycles. The third kappa shape index (κ3) is 6.53. The molecule has 4 rings (SSSR count). The monoisotopic (exact) mass is 496 g/mol. The Hall–Kier alpha value is -3.09. The van der Waals surface area contributed by atoms with Gasteiger partial charge in [0, 0.05) is 18.0 Å². The summed E-state index contributed by atoms with van der Waals surface area (Å²) in [7, 11) is 1.59. The maximum Gasteiger partial charge on any atom is 0.223 e. The summed E-state index contributed by atoms with van der Waals surface area (Å²) >= 11 is 6.14. The lowest BCUT2D eigenvalue weighted by molar-refractivity contribution is -0.127. The zero-order chi connectivity index (χ0) is 24.6. The van der Waals surface area contributed by atoms with Crippen molar-refractivity contribution in [2.75, 3.05) is 33.4 Å². The van der Waals surface area contributed by atoms with E-state index in [1.165, 1.54) is 6.07 Å². The van der Waals surface area contributed by atoms with Gasteiger partial charge in [-0.05, 0) is 61.8 Å². The van der Waals surface area contributed by atoms with E-state index in [-0.39, 0.29) is 17.6 Å². The molecule has 1 fully saturated rings. The van der Waals surface area contributed by atoms with Crippen LogP contribution in [0.15, 0.2) is 72.8 Å². The molecule has 7 heteroatoms. The van der Waals surface area contributed by atoms with Crippen LogP contribution in [0.25, 0.3) is 0 Å². The van der Waals surface area contributed by atoms with Crippen molar-refractivity contribution in [1.82, 2.24) is 10.2 Å². The summed E-state index contributed by atoms with van der Waals surface area (Å²) in [5.41, 5.74) is 1.21. The first-order valence-electron chi connectivity index (χ1n) is 11.8. The van der Waals surface area contributed by atoms with Crippen molar-refractivity contribution < 1.29 is 18.7 Å². The van der Waals surface area contributed by atoms with Crippen LogP contribution in [-0.4, -0.2) is 44.2 Å². The normalized spacial score (nSPS) is 15.4. The van der Waals surface area contributed by atoms with Crippen molar-refractivity contribution in [3.05, 3.63) is 94.8 Å². The number of halogens is 2. The third-order valence-electron chi connectivity index (χ3n) is 6.39. The fourth-order valence-corrected chi connectivity index (χ4v) is 4.59. The SMILES string of the molecule is COc1cccc(C(NC(=O)C2CCN(CCOc3ccccc3Cl)CC2)c2ccccc2F)c1. The zero-order valence-corrected chi connectivity index (χ0v) is 20.5. The van der Waals surface area contributed by atoms with Crippen LogP contribution in [0.5, 0.6) is 11.5 Å². The molecule has 3 aromatic carbocycles. The van der Waals surface area contributed by atoms with Crippen molar-refractivity contribution in [3.63, 3.8) is 0 Å². The zero-order valence-electron chi connectivity index (χ0n) is 19.8. The molecular weight excluding hydrogens is 467 g/mol. The minimum absolute atomic E-state index is 0.0620. The van der Waals surface area contributed by atoms with Gasteiger partial charge in [0.2, 0.25) is 5.91 Å². The molecule has 1 amide bonds. The molecule has 0 saturated carbocycles. The smallest absolute Gasteiger partial charge is 0.223 e. The molecule has 1 saturated heterocycles. The maximum atomic E-state index is 14.7. The molecule has 0 aromatic heterocycles. The van der Waals surface area contributed by atoms with Gasteiger partial charge in [0.1, 0.15) is 23.9 Å². The number of nitrogens with zero attached hydrogens (tertiary/aromatic N) is 1. The number of rotatable bonds is 9. The number of carbonyl (C=O) groups is 1. The highest BCUT2D eigenvalue weighted by atomic mass is 35.5. The Labute approximate surface area is 210 Å². The lowest BCUT2D eigenvalue weighted by atomic mass is 9.93. The van der Waals surface area contributed by atoms with Crippen LogP contribution in [0.2, 0.25) is 5.02 Å². The number of ether oxygens (including phenoxy) is 2. The van der Waals surface area contributed by atoms with Crippen molar-refractivity contribution >= 4 is 17.5 Å². The second-order valence-corrected chi connectivity index (χ2v) is 9.04. The largest absolute Gasteiger partial charge is 0.497 e. The maximum absolute atomic E-state index is 14.7. The standard InChI is InChI=1S/C28H30ClFN2O3/c1-34-22-8-6-7-21(19-22)27(23-9-2-4-11-25(23)30)31-28(33)20-13-15-32(16-14-20)17-18-35-26-12-5-3-10-24(26)29/h2-12,19-20,27H,13-18H2,1H3,(H,31,33). The van der Waals surface area contributed by atoms with E-state index in [9.17, 15) is 9.18 Å². The number of carbonyl (C=O) groups excluding carboxylic acids is 1. The van der Waals surface area contributed by atoms with Gasteiger partial charge in [0.25, 0.3) is 0 Å². The number of hydrogen-bond donors (Lipinski definition) is 1. The second kappa shape index (κ2) is 12.0. The van der Waals surface area contributed by atoms with E-state index in [4.69, 9.17) is 21.1 Å². The summed E-state index contributed by atoms with van der Waals surface area (Å²) in [5, 5.41) is 3.71. The Bertz CT molecular complexity index is 1130. The average molecular weight is 497 g/mol. The van der Waals surface area contributed by atoms with Crippen LogP contribution in [-0.2, 0) is 4.79 Å². The number of methoxy groups -OCH3 is 1. The summed E-state index contributed by atoms with van der Waals surface area (Å²) in [6.07, 6.45) is 1.47. The average Bonchev–Trinajstić information content (AvgIpc) is 2.89. The molecule has 1 aliphatic rings. The van der Waals surface area contributed by atoms with Crippen LogP contribution in [0.4, 0.5) is 4.39 Å². The van der Waals surface area contributed by atoms with Gasteiger partial charge >= 0.3 is 0 Å². The van der Waals surface area contributed by atoms with Gasteiger partial charge in [-0.3, -0.25) is 9.69 Å². The minimum Gasteiger partial charge on any atom is -0.497 e. The Morgan fingerprint density at radius 1 is 1.09 bits per heavy atom. The van der Waals surface area contributed by atoms with Gasteiger partial charge in [-0.1, -0.05) is 54.1 Å². The summed E-state index contributed by atoms with van der Waals surface area (Å²) in [5.74, 6) is 0.795. The van der Waals surface area contributed by atoms with E-state index in [2.05, 4.69) is 10.2 Å². The van der Waals surface area contributed by atoms with Gasteiger partial charge in [0.05, 0.1) is 18.2 Å². The summed E-state index contributed by atoms with van der Waals surface area (Å²) in [4.78, 5) is 15.5. The molecule has 1 atom stereocenters. The van der Waals surface area contributed by atoms with Crippen molar-refractivity contribution in [2.24, 2.45) is 5.92 Å². The van der Waals surface area contributed by atoms with Gasteiger partial charge in [0.15, 0.2) is 0 Å². The Morgan fingerprint density at radius 3 is 2.57 bits per heavy atom. The number of benzene rings is 3. The first-order chi connectivity index (χ1) is 17.0. The second-order valence-electron chi connectivity index (χ2n) is 8.63. The number of amides is 1. The highest BCUT2D eigenvalue weighted by molar-refractivity contribution is 6.32. The molecule has 1 aliphatic heterocycles. The molecule has 1 unspecified atom stereocenters. The molecule has 0 radical (unpaired) electrons. The lowest BCUT2D eigenvalue weighted by Gasteiger charge is -2.32. The predicted octanol–water partition coefficient (Wildman–Crippen LogP) is 5.48. The van der Waals surface area contributed by atoms with E-state index in [1.807, 2.05) is 42.5 Å². The van der Waals surface area contributed by atoms with Crippen molar-refractivity contribution in [3.8, 4) is 11.5 Å². The fourth-order valence-electron chi connectivity index (χ4n) is 4.40. The molecule has 35 heavy (non-hydrogen) atoms. The van der Waals surface area contributed by atoms with E-state index in [0.29, 0.717) is 28.7 Å². The van der Waals surface area contributed by atoms with Crippen LogP contribution in [0, 0.1) is 11.7 Å². The van der Waals surface area contributed by atoms with E-state index >= 15 is 0 Å². The molecule has 184 valence electrons. The summed E-state index contributed by atoms with van der Waals surface area (Å²) in [6, 6.07) is 20.8. The molecule has 0 bridgehead atoms. The van der Waals surface area contributed by atoms with Gasteiger partial charge < -0.3 is 14.8 Å². The molecule has 5 nitrogen and oxygen atoms in total.